The fourth-order valence-corrected chi connectivity index (χ4v) is 2.56. The summed E-state index contributed by atoms with van der Waals surface area (Å²) in [7, 11) is 0. The van der Waals surface area contributed by atoms with E-state index in [2.05, 4.69) is 14.9 Å². The number of likely N-dealkylation sites (tertiary alicyclic amines) is 1. The Kier molecular flexibility index (Phi) is 3.06. The lowest BCUT2D eigenvalue weighted by molar-refractivity contribution is 0.326. The molecule has 0 spiro atoms. The maximum atomic E-state index is 14.4. The zero-order valence-electron chi connectivity index (χ0n) is 10.9. The van der Waals surface area contributed by atoms with Crippen LogP contribution >= 0.6 is 0 Å². The van der Waals surface area contributed by atoms with Crippen molar-refractivity contribution in [2.24, 2.45) is 0 Å². The molecule has 1 aromatic heterocycles. The molecule has 5 heteroatoms. The molecule has 0 amide bonds. The highest BCUT2D eigenvalue weighted by Crippen LogP contribution is 2.20. The molecule has 1 saturated heterocycles. The fraction of sp³-hybridized carbons (Fsp3) is 0.429. The van der Waals surface area contributed by atoms with Crippen molar-refractivity contribution in [3.8, 4) is 0 Å². The average molecular weight is 261 g/mol. The monoisotopic (exact) mass is 261 g/mol. The van der Waals surface area contributed by atoms with Crippen molar-refractivity contribution < 1.29 is 4.39 Å². The van der Waals surface area contributed by atoms with Gasteiger partial charge in [0.1, 0.15) is 11.2 Å². The predicted molar refractivity (Wildman–Crippen MR) is 71.6 cm³/mol. The number of nitrogens with zero attached hydrogens (tertiary/aromatic N) is 2. The first-order valence-corrected chi connectivity index (χ1v) is 6.55. The van der Waals surface area contributed by atoms with Crippen LogP contribution in [-0.4, -0.2) is 28.0 Å². The molecule has 1 aliphatic rings. The van der Waals surface area contributed by atoms with Crippen molar-refractivity contribution in [1.29, 1.82) is 0 Å². The highest BCUT2D eigenvalue weighted by Gasteiger charge is 2.16. The number of H-pyrrole nitrogens is 1. The third kappa shape index (κ3) is 2.26. The second-order valence-electron chi connectivity index (χ2n) is 5.07. The Labute approximate surface area is 110 Å². The molecule has 2 heterocycles. The van der Waals surface area contributed by atoms with Crippen LogP contribution in [0.15, 0.2) is 16.9 Å². The van der Waals surface area contributed by atoms with Crippen molar-refractivity contribution in [2.75, 3.05) is 13.1 Å². The number of aryl methyl sites for hydroxylation is 1. The zero-order valence-corrected chi connectivity index (χ0v) is 10.9. The molecular formula is C14H16FN3O. The van der Waals surface area contributed by atoms with Gasteiger partial charge in [-0.25, -0.2) is 9.37 Å². The molecule has 0 unspecified atom stereocenters. The van der Waals surface area contributed by atoms with Gasteiger partial charge in [-0.15, -0.1) is 0 Å². The van der Waals surface area contributed by atoms with Gasteiger partial charge in [0.05, 0.1) is 5.52 Å². The highest BCUT2D eigenvalue weighted by molar-refractivity contribution is 5.75. The van der Waals surface area contributed by atoms with E-state index in [0.29, 0.717) is 23.3 Å². The third-order valence-electron chi connectivity index (χ3n) is 3.65. The van der Waals surface area contributed by atoms with Crippen molar-refractivity contribution in [2.45, 2.75) is 26.3 Å². The van der Waals surface area contributed by atoms with Gasteiger partial charge < -0.3 is 4.98 Å². The molecule has 100 valence electrons. The summed E-state index contributed by atoms with van der Waals surface area (Å²) in [5, 5.41) is 0. The molecule has 3 rings (SSSR count). The summed E-state index contributed by atoms with van der Waals surface area (Å²) in [6.45, 7) is 4.24. The van der Waals surface area contributed by atoms with E-state index in [1.54, 1.807) is 19.1 Å². The molecule has 0 bridgehead atoms. The average Bonchev–Trinajstić information content (AvgIpc) is 2.88. The molecule has 1 aromatic carbocycles. The second-order valence-corrected chi connectivity index (χ2v) is 5.07. The number of benzene rings is 1. The standard InChI is InChI=1S/C14H16FN3O/c1-9-14(19)17-13-11(16-9)5-4-10(12(13)15)8-18-6-2-3-7-18/h4-5H,2-3,6-8H2,1H3,(H,17,19). The van der Waals surface area contributed by atoms with Crippen LogP contribution in [0, 0.1) is 12.7 Å². The zero-order chi connectivity index (χ0) is 13.4. The fourth-order valence-electron chi connectivity index (χ4n) is 2.56. The lowest BCUT2D eigenvalue weighted by Crippen LogP contribution is -2.20. The lowest BCUT2D eigenvalue weighted by atomic mass is 10.1. The molecule has 19 heavy (non-hydrogen) atoms. The Morgan fingerprint density at radius 3 is 2.84 bits per heavy atom. The van der Waals surface area contributed by atoms with Gasteiger partial charge in [0.2, 0.25) is 0 Å². The Morgan fingerprint density at radius 1 is 1.37 bits per heavy atom. The molecule has 2 aromatic rings. The van der Waals surface area contributed by atoms with Crippen LogP contribution in [0.2, 0.25) is 0 Å². The first kappa shape index (κ1) is 12.3. The van der Waals surface area contributed by atoms with E-state index in [1.165, 1.54) is 12.8 Å². The summed E-state index contributed by atoms with van der Waals surface area (Å²) in [6, 6.07) is 3.54. The topological polar surface area (TPSA) is 49.0 Å². The number of fused-ring (bicyclic) bond motifs is 1. The van der Waals surface area contributed by atoms with Gasteiger partial charge in [-0.1, -0.05) is 6.07 Å². The summed E-state index contributed by atoms with van der Waals surface area (Å²) < 4.78 is 14.4. The smallest absolute Gasteiger partial charge is 0.269 e. The number of rotatable bonds is 2. The van der Waals surface area contributed by atoms with Crippen LogP contribution < -0.4 is 5.56 Å². The number of halogens is 1. The maximum absolute atomic E-state index is 14.4. The molecule has 0 radical (unpaired) electrons. The molecular weight excluding hydrogens is 245 g/mol. The number of nitrogens with one attached hydrogen (secondary N) is 1. The van der Waals surface area contributed by atoms with E-state index < -0.39 is 0 Å². The van der Waals surface area contributed by atoms with E-state index in [9.17, 15) is 9.18 Å². The van der Waals surface area contributed by atoms with Crippen LogP contribution in [0.3, 0.4) is 0 Å². The summed E-state index contributed by atoms with van der Waals surface area (Å²) in [4.78, 5) is 20.5. The van der Waals surface area contributed by atoms with Gasteiger partial charge in [-0.2, -0.15) is 0 Å². The second kappa shape index (κ2) is 4.74. The lowest BCUT2D eigenvalue weighted by Gasteiger charge is -2.15. The number of aromatic amines is 1. The quantitative estimate of drug-likeness (QED) is 0.899. The van der Waals surface area contributed by atoms with Crippen LogP contribution in [0.1, 0.15) is 24.1 Å². The van der Waals surface area contributed by atoms with Crippen molar-refractivity contribution >= 4 is 11.0 Å². The minimum atomic E-state index is -0.353. The number of aromatic nitrogens is 2. The van der Waals surface area contributed by atoms with Gasteiger partial charge in [-0.05, 0) is 38.9 Å². The molecule has 4 nitrogen and oxygen atoms in total. The van der Waals surface area contributed by atoms with E-state index >= 15 is 0 Å². The minimum absolute atomic E-state index is 0.215. The number of hydrogen-bond acceptors (Lipinski definition) is 3. The van der Waals surface area contributed by atoms with Gasteiger partial charge in [0.15, 0.2) is 5.82 Å². The predicted octanol–water partition coefficient (Wildman–Crippen LogP) is 1.97. The molecule has 1 aliphatic heterocycles. The SMILES string of the molecule is Cc1nc2ccc(CN3CCCC3)c(F)c2[nH]c1=O. The van der Waals surface area contributed by atoms with E-state index in [4.69, 9.17) is 0 Å². The van der Waals surface area contributed by atoms with Crippen LogP contribution in [0.4, 0.5) is 4.39 Å². The van der Waals surface area contributed by atoms with Gasteiger partial charge in [0, 0.05) is 12.1 Å². The summed E-state index contributed by atoms with van der Waals surface area (Å²) in [5.41, 5.74) is 1.37. The van der Waals surface area contributed by atoms with Crippen molar-refractivity contribution in [3.05, 3.63) is 39.6 Å². The third-order valence-corrected chi connectivity index (χ3v) is 3.65. The largest absolute Gasteiger partial charge is 0.317 e. The van der Waals surface area contributed by atoms with Crippen LogP contribution in [0.5, 0.6) is 0 Å². The molecule has 0 atom stereocenters. The molecule has 1 N–H and O–H groups in total. The van der Waals surface area contributed by atoms with Crippen molar-refractivity contribution in [1.82, 2.24) is 14.9 Å². The Morgan fingerprint density at radius 2 is 2.11 bits per heavy atom. The van der Waals surface area contributed by atoms with E-state index in [-0.39, 0.29) is 16.9 Å². The summed E-state index contributed by atoms with van der Waals surface area (Å²) >= 11 is 0. The minimum Gasteiger partial charge on any atom is -0.317 e. The van der Waals surface area contributed by atoms with E-state index in [0.717, 1.165) is 13.1 Å². The van der Waals surface area contributed by atoms with Crippen LogP contribution in [-0.2, 0) is 6.54 Å². The summed E-state index contributed by atoms with van der Waals surface area (Å²) in [6.07, 6.45) is 2.35. The summed E-state index contributed by atoms with van der Waals surface area (Å²) in [5.74, 6) is -0.353. The Bertz CT molecular complexity index is 674. The highest BCUT2D eigenvalue weighted by atomic mass is 19.1. The van der Waals surface area contributed by atoms with Crippen molar-refractivity contribution in [3.63, 3.8) is 0 Å². The van der Waals surface area contributed by atoms with Gasteiger partial charge in [0.25, 0.3) is 5.56 Å². The molecule has 0 aliphatic carbocycles. The van der Waals surface area contributed by atoms with Crippen LogP contribution in [0.25, 0.3) is 11.0 Å². The number of hydrogen-bond donors (Lipinski definition) is 1. The van der Waals surface area contributed by atoms with Gasteiger partial charge in [-0.3, -0.25) is 9.69 Å². The molecule has 1 fully saturated rings. The first-order valence-electron chi connectivity index (χ1n) is 6.55. The maximum Gasteiger partial charge on any atom is 0.269 e. The first-order chi connectivity index (χ1) is 9.15. The normalized spacial score (nSPS) is 16.3. The Hall–Kier alpha value is -1.75. The van der Waals surface area contributed by atoms with E-state index in [1.807, 2.05) is 0 Å². The molecule has 0 saturated carbocycles. The van der Waals surface area contributed by atoms with Gasteiger partial charge >= 0.3 is 0 Å². The Balaban J connectivity index is 2.04.